The number of nitrogens with zero attached hydrogens (tertiary/aromatic N) is 2. The highest BCUT2D eigenvalue weighted by Crippen LogP contribution is 2.24. The minimum Gasteiger partial charge on any atom is -0.323 e. The highest BCUT2D eigenvalue weighted by molar-refractivity contribution is 9.10. The van der Waals surface area contributed by atoms with Gasteiger partial charge in [-0.25, -0.2) is 4.98 Å². The van der Waals surface area contributed by atoms with E-state index in [2.05, 4.69) is 31.5 Å². The molecular formula is C16H13BrCl2N2. The van der Waals surface area contributed by atoms with Crippen LogP contribution in [0.3, 0.4) is 0 Å². The van der Waals surface area contributed by atoms with Crippen molar-refractivity contribution in [2.24, 2.45) is 0 Å². The Morgan fingerprint density at radius 3 is 2.71 bits per heavy atom. The molecule has 1 aromatic heterocycles. The second-order valence-electron chi connectivity index (χ2n) is 4.78. The third-order valence-electron chi connectivity index (χ3n) is 3.39. The van der Waals surface area contributed by atoms with Gasteiger partial charge in [-0.15, -0.1) is 11.6 Å². The number of halogens is 3. The lowest BCUT2D eigenvalue weighted by atomic mass is 10.2. The zero-order chi connectivity index (χ0) is 14.8. The number of imidazole rings is 1. The van der Waals surface area contributed by atoms with Crippen LogP contribution in [0.1, 0.15) is 11.4 Å². The van der Waals surface area contributed by atoms with Gasteiger partial charge in [-0.1, -0.05) is 45.7 Å². The number of benzene rings is 2. The molecule has 0 amide bonds. The summed E-state index contributed by atoms with van der Waals surface area (Å²) < 4.78 is 3.22. The van der Waals surface area contributed by atoms with Crippen LogP contribution >= 0.6 is 39.1 Å². The van der Waals surface area contributed by atoms with E-state index < -0.39 is 0 Å². The smallest absolute Gasteiger partial charge is 0.111 e. The zero-order valence-electron chi connectivity index (χ0n) is 11.2. The molecule has 0 aliphatic heterocycles. The first-order valence-electron chi connectivity index (χ1n) is 6.63. The quantitative estimate of drug-likeness (QED) is 0.560. The van der Waals surface area contributed by atoms with Gasteiger partial charge in [0.25, 0.3) is 0 Å². The second kappa shape index (κ2) is 6.39. The molecule has 0 spiro atoms. The molecule has 0 aliphatic rings. The summed E-state index contributed by atoms with van der Waals surface area (Å²) in [7, 11) is 0. The van der Waals surface area contributed by atoms with Crippen LogP contribution in [0, 0.1) is 0 Å². The molecule has 0 fully saturated rings. The summed E-state index contributed by atoms with van der Waals surface area (Å²) in [6, 6.07) is 14.0. The molecule has 1 heterocycles. The van der Waals surface area contributed by atoms with E-state index in [1.165, 1.54) is 0 Å². The van der Waals surface area contributed by atoms with Gasteiger partial charge in [-0.05, 0) is 29.8 Å². The van der Waals surface area contributed by atoms with Gasteiger partial charge in [0.2, 0.25) is 0 Å². The fourth-order valence-corrected chi connectivity index (χ4v) is 3.11. The number of aryl methyl sites for hydroxylation is 1. The van der Waals surface area contributed by atoms with E-state index in [9.17, 15) is 0 Å². The van der Waals surface area contributed by atoms with Crippen molar-refractivity contribution in [3.05, 3.63) is 63.3 Å². The SMILES string of the molecule is ClCCc1nc2ccc(Br)cc2n1Cc1ccccc1Cl. The van der Waals surface area contributed by atoms with Crippen LogP contribution in [0.4, 0.5) is 0 Å². The molecule has 21 heavy (non-hydrogen) atoms. The van der Waals surface area contributed by atoms with Gasteiger partial charge in [-0.3, -0.25) is 0 Å². The van der Waals surface area contributed by atoms with E-state index in [0.29, 0.717) is 12.4 Å². The van der Waals surface area contributed by atoms with Crippen molar-refractivity contribution < 1.29 is 0 Å². The van der Waals surface area contributed by atoms with E-state index in [1.807, 2.05) is 36.4 Å². The van der Waals surface area contributed by atoms with Crippen LogP contribution < -0.4 is 0 Å². The van der Waals surface area contributed by atoms with Crippen LogP contribution in [0.5, 0.6) is 0 Å². The number of fused-ring (bicyclic) bond motifs is 1. The summed E-state index contributed by atoms with van der Waals surface area (Å²) in [6.45, 7) is 0.693. The van der Waals surface area contributed by atoms with E-state index in [-0.39, 0.29) is 0 Å². The Morgan fingerprint density at radius 2 is 1.95 bits per heavy atom. The second-order valence-corrected chi connectivity index (χ2v) is 6.48. The van der Waals surface area contributed by atoms with Crippen molar-refractivity contribution >= 4 is 50.2 Å². The van der Waals surface area contributed by atoms with E-state index in [4.69, 9.17) is 23.2 Å². The average Bonchev–Trinajstić information content (AvgIpc) is 2.79. The van der Waals surface area contributed by atoms with Crippen molar-refractivity contribution in [3.8, 4) is 0 Å². The fraction of sp³-hybridized carbons (Fsp3) is 0.188. The third kappa shape index (κ3) is 3.10. The lowest BCUT2D eigenvalue weighted by Crippen LogP contribution is -2.06. The molecular weight excluding hydrogens is 371 g/mol. The topological polar surface area (TPSA) is 17.8 Å². The minimum absolute atomic E-state index is 0.549. The van der Waals surface area contributed by atoms with Gasteiger partial charge in [0, 0.05) is 21.8 Å². The molecule has 2 nitrogen and oxygen atoms in total. The molecule has 0 N–H and O–H groups in total. The van der Waals surface area contributed by atoms with Crippen LogP contribution in [-0.4, -0.2) is 15.4 Å². The van der Waals surface area contributed by atoms with E-state index in [0.717, 1.165) is 38.3 Å². The Labute approximate surface area is 141 Å². The first-order chi connectivity index (χ1) is 10.2. The summed E-state index contributed by atoms with van der Waals surface area (Å²) in [6.07, 6.45) is 0.734. The average molecular weight is 384 g/mol. The standard InChI is InChI=1S/C16H13BrCl2N2/c17-12-5-6-14-15(9-12)21(16(20-14)7-8-18)10-11-3-1-2-4-13(11)19/h1-6,9H,7-8,10H2. The number of rotatable bonds is 4. The van der Waals surface area contributed by atoms with Gasteiger partial charge in [0.15, 0.2) is 0 Å². The van der Waals surface area contributed by atoms with Gasteiger partial charge < -0.3 is 4.57 Å². The van der Waals surface area contributed by atoms with Crippen molar-refractivity contribution in [1.29, 1.82) is 0 Å². The summed E-state index contributed by atoms with van der Waals surface area (Å²) in [5.74, 6) is 1.53. The molecule has 0 radical (unpaired) electrons. The zero-order valence-corrected chi connectivity index (χ0v) is 14.3. The van der Waals surface area contributed by atoms with Crippen molar-refractivity contribution in [3.63, 3.8) is 0 Å². The van der Waals surface area contributed by atoms with Gasteiger partial charge in [0.05, 0.1) is 17.6 Å². The largest absolute Gasteiger partial charge is 0.323 e. The Hall–Kier alpha value is -1.03. The van der Waals surface area contributed by atoms with Crippen molar-refractivity contribution in [2.45, 2.75) is 13.0 Å². The maximum atomic E-state index is 6.28. The normalized spacial score (nSPS) is 11.2. The fourth-order valence-electron chi connectivity index (χ4n) is 2.39. The number of aromatic nitrogens is 2. The molecule has 0 atom stereocenters. The highest BCUT2D eigenvalue weighted by atomic mass is 79.9. The molecule has 3 rings (SSSR count). The van der Waals surface area contributed by atoms with Crippen LogP contribution in [0.15, 0.2) is 46.9 Å². The molecule has 0 bridgehead atoms. The lowest BCUT2D eigenvalue weighted by molar-refractivity contribution is 0.754. The van der Waals surface area contributed by atoms with Gasteiger partial charge in [-0.2, -0.15) is 0 Å². The molecule has 0 saturated heterocycles. The van der Waals surface area contributed by atoms with Gasteiger partial charge in [0.1, 0.15) is 5.82 Å². The monoisotopic (exact) mass is 382 g/mol. The third-order valence-corrected chi connectivity index (χ3v) is 4.44. The minimum atomic E-state index is 0.549. The van der Waals surface area contributed by atoms with Crippen LogP contribution in [0.25, 0.3) is 11.0 Å². The Bertz CT molecular complexity index is 783. The summed E-state index contributed by atoms with van der Waals surface area (Å²) >= 11 is 15.7. The molecule has 0 aliphatic carbocycles. The number of hydrogen-bond acceptors (Lipinski definition) is 1. The molecule has 108 valence electrons. The first kappa shape index (κ1) is 14.9. The molecule has 0 saturated carbocycles. The highest BCUT2D eigenvalue weighted by Gasteiger charge is 2.12. The molecule has 0 unspecified atom stereocenters. The van der Waals surface area contributed by atoms with Crippen molar-refractivity contribution in [1.82, 2.24) is 9.55 Å². The molecule has 2 aromatic carbocycles. The lowest BCUT2D eigenvalue weighted by Gasteiger charge is -2.10. The predicted molar refractivity (Wildman–Crippen MR) is 92.4 cm³/mol. The van der Waals surface area contributed by atoms with Crippen LogP contribution in [0.2, 0.25) is 5.02 Å². The Balaban J connectivity index is 2.12. The number of alkyl halides is 1. The first-order valence-corrected chi connectivity index (χ1v) is 8.33. The Kier molecular flexibility index (Phi) is 4.53. The molecule has 5 heteroatoms. The summed E-state index contributed by atoms with van der Waals surface area (Å²) in [5, 5.41) is 0.770. The van der Waals surface area contributed by atoms with Gasteiger partial charge >= 0.3 is 0 Å². The van der Waals surface area contributed by atoms with Crippen molar-refractivity contribution in [2.75, 3.05) is 5.88 Å². The maximum absolute atomic E-state index is 6.28. The number of hydrogen-bond donors (Lipinski definition) is 0. The summed E-state index contributed by atoms with van der Waals surface area (Å²) in [4.78, 5) is 4.68. The van der Waals surface area contributed by atoms with E-state index >= 15 is 0 Å². The Morgan fingerprint density at radius 1 is 1.14 bits per heavy atom. The molecule has 3 aromatic rings. The van der Waals surface area contributed by atoms with Crippen LogP contribution in [-0.2, 0) is 13.0 Å². The predicted octanol–water partition coefficient (Wildman–Crippen LogP) is 5.28. The summed E-state index contributed by atoms with van der Waals surface area (Å²) in [5.41, 5.74) is 3.14. The maximum Gasteiger partial charge on any atom is 0.111 e. The van der Waals surface area contributed by atoms with E-state index in [1.54, 1.807) is 0 Å².